The number of pyridine rings is 1. The minimum Gasteiger partial charge on any atom is -0.348 e. The van der Waals surface area contributed by atoms with Gasteiger partial charge in [-0.05, 0) is 23.3 Å². The van der Waals surface area contributed by atoms with Gasteiger partial charge in [0.25, 0.3) is 11.8 Å². The van der Waals surface area contributed by atoms with E-state index in [1.54, 1.807) is 30.7 Å². The second-order valence-corrected chi connectivity index (χ2v) is 8.29. The van der Waals surface area contributed by atoms with Crippen molar-refractivity contribution >= 4 is 17.5 Å². The Balaban J connectivity index is 1.61. The van der Waals surface area contributed by atoms with Crippen molar-refractivity contribution in [1.29, 1.82) is 0 Å². The number of halogens is 2. The summed E-state index contributed by atoms with van der Waals surface area (Å²) in [5.41, 5.74) is 7.06. The van der Waals surface area contributed by atoms with E-state index in [-0.39, 0.29) is 18.9 Å². The molecule has 3 aromatic rings. The highest BCUT2D eigenvalue weighted by atomic mass is 19.3. The monoisotopic (exact) mass is 443 g/mol. The fourth-order valence-electron chi connectivity index (χ4n) is 4.00. The van der Waals surface area contributed by atoms with Gasteiger partial charge in [-0.3, -0.25) is 9.59 Å². The molecule has 2 aromatic heterocycles. The molecule has 32 heavy (non-hydrogen) atoms. The van der Waals surface area contributed by atoms with E-state index in [0.717, 1.165) is 21.7 Å². The van der Waals surface area contributed by atoms with E-state index in [4.69, 9.17) is 0 Å². The van der Waals surface area contributed by atoms with Gasteiger partial charge in [-0.25, -0.2) is 18.3 Å². The summed E-state index contributed by atoms with van der Waals surface area (Å²) >= 11 is 0. The van der Waals surface area contributed by atoms with E-state index in [2.05, 4.69) is 15.8 Å². The van der Waals surface area contributed by atoms with Crippen molar-refractivity contribution in [2.75, 3.05) is 27.2 Å². The Morgan fingerprint density at radius 3 is 2.44 bits per heavy atom. The molecule has 0 spiro atoms. The van der Waals surface area contributed by atoms with Crippen LogP contribution in [-0.4, -0.2) is 75.4 Å². The average molecular weight is 443 g/mol. The molecule has 3 heterocycles. The van der Waals surface area contributed by atoms with Crippen LogP contribution in [0.3, 0.4) is 0 Å². The topological polar surface area (TPSA) is 98.5 Å². The molecule has 2 amide bonds. The van der Waals surface area contributed by atoms with Crippen molar-refractivity contribution in [2.45, 2.75) is 24.3 Å². The lowest BCUT2D eigenvalue weighted by molar-refractivity contribution is -0.409. The van der Waals surface area contributed by atoms with Crippen molar-refractivity contribution in [1.82, 2.24) is 24.4 Å². The number of hydrogen-bond donors (Lipinski definition) is 1. The van der Waals surface area contributed by atoms with Gasteiger partial charge in [-0.2, -0.15) is 5.10 Å². The Hall–Kier alpha value is -3.40. The van der Waals surface area contributed by atoms with Crippen molar-refractivity contribution < 1.29 is 24.1 Å². The summed E-state index contributed by atoms with van der Waals surface area (Å²) in [6.45, 7) is -0.672. The summed E-state index contributed by atoms with van der Waals surface area (Å²) in [5, 5.41) is 4.14. The molecule has 8 nitrogen and oxygen atoms in total. The Kier molecular flexibility index (Phi) is 5.64. The molecule has 0 saturated carbocycles. The summed E-state index contributed by atoms with van der Waals surface area (Å²) in [7, 11) is 3.19. The molecule has 2 atom stereocenters. The molecule has 3 N–H and O–H groups in total. The summed E-state index contributed by atoms with van der Waals surface area (Å²) in [6, 6.07) is 10.0. The first kappa shape index (κ1) is 21.8. The lowest BCUT2D eigenvalue weighted by Gasteiger charge is -2.26. The number of amides is 2. The molecule has 168 valence electrons. The number of quaternary nitrogens is 1. The molecular formula is C22H25F2N6O2+. The number of carbonyl (C=O) groups is 2. The van der Waals surface area contributed by atoms with Gasteiger partial charge in [0.15, 0.2) is 11.7 Å². The maximum atomic E-state index is 13.6. The quantitative estimate of drug-likeness (QED) is 0.637. The summed E-state index contributed by atoms with van der Waals surface area (Å²) in [4.78, 5) is 32.5. The number of likely N-dealkylation sites (N-methyl/N-ethyl adjacent to an activating group) is 1. The van der Waals surface area contributed by atoms with Crippen LogP contribution in [0.15, 0.2) is 48.9 Å². The number of alkyl halides is 2. The third-order valence-corrected chi connectivity index (χ3v) is 5.78. The summed E-state index contributed by atoms with van der Waals surface area (Å²) < 4.78 is 28.9. The van der Waals surface area contributed by atoms with Crippen molar-refractivity contribution in [2.24, 2.45) is 0 Å². The predicted octanol–water partition coefficient (Wildman–Crippen LogP) is 1.05. The Bertz CT molecular complexity index is 1140. The Morgan fingerprint density at radius 1 is 1.12 bits per heavy atom. The molecular weight excluding hydrogens is 418 g/mol. The fourth-order valence-corrected chi connectivity index (χ4v) is 4.00. The second-order valence-electron chi connectivity index (χ2n) is 8.29. The van der Waals surface area contributed by atoms with Gasteiger partial charge in [0.05, 0.1) is 6.54 Å². The molecule has 0 radical (unpaired) electrons. The number of fused-ring (bicyclic) bond motifs is 1. The second kappa shape index (κ2) is 8.27. The average Bonchev–Trinajstić information content (AvgIpc) is 3.38. The van der Waals surface area contributed by atoms with Crippen LogP contribution in [0.25, 0.3) is 16.8 Å². The SMILES string of the molecule is CN(C)C(=O)[C@@H](c1ccc(-c2ccc3ncnn3c2)cc1)[C@H]([NH3+])C(=O)N1CCC(F)(F)C1. The van der Waals surface area contributed by atoms with E-state index >= 15 is 0 Å². The fraction of sp³-hybridized carbons (Fsp3) is 0.364. The number of benzene rings is 1. The van der Waals surface area contributed by atoms with Crippen molar-refractivity contribution in [3.63, 3.8) is 0 Å². The van der Waals surface area contributed by atoms with Crippen LogP contribution in [0.1, 0.15) is 17.9 Å². The molecule has 1 aromatic carbocycles. The third kappa shape index (κ3) is 4.18. The van der Waals surface area contributed by atoms with Gasteiger partial charge in [0, 0.05) is 38.8 Å². The van der Waals surface area contributed by atoms with Crippen LogP contribution in [0.5, 0.6) is 0 Å². The maximum absolute atomic E-state index is 13.6. The highest BCUT2D eigenvalue weighted by Gasteiger charge is 2.45. The zero-order valence-corrected chi connectivity index (χ0v) is 17.9. The number of rotatable bonds is 5. The van der Waals surface area contributed by atoms with Gasteiger partial charge in [0.1, 0.15) is 12.2 Å². The van der Waals surface area contributed by atoms with Crippen LogP contribution in [0.4, 0.5) is 8.78 Å². The van der Waals surface area contributed by atoms with Gasteiger partial charge in [0.2, 0.25) is 5.91 Å². The van der Waals surface area contributed by atoms with E-state index < -0.39 is 30.3 Å². The standard InChI is InChI=1S/C22H24F2N6O2/c1-28(2)20(31)18(19(25)21(32)29-10-9-22(23,24)12-29)15-5-3-14(4-6-15)16-7-8-17-26-13-27-30(17)11-16/h3-8,11,13,18-19H,9-10,12,25H2,1-2H3/p+1/t18-,19-/m0/s1. The smallest absolute Gasteiger partial charge is 0.282 e. The highest BCUT2D eigenvalue weighted by Crippen LogP contribution is 2.30. The third-order valence-electron chi connectivity index (χ3n) is 5.78. The number of likely N-dealkylation sites (tertiary alicyclic amines) is 1. The van der Waals surface area contributed by atoms with Crippen molar-refractivity contribution in [3.8, 4) is 11.1 Å². The van der Waals surface area contributed by atoms with Gasteiger partial charge in [-0.1, -0.05) is 24.3 Å². The zero-order valence-electron chi connectivity index (χ0n) is 17.9. The number of carbonyl (C=O) groups excluding carboxylic acids is 2. The first-order chi connectivity index (χ1) is 15.2. The van der Waals surface area contributed by atoms with Crippen LogP contribution < -0.4 is 5.73 Å². The molecule has 4 rings (SSSR count). The predicted molar refractivity (Wildman–Crippen MR) is 113 cm³/mol. The van der Waals surface area contributed by atoms with Gasteiger partial charge < -0.3 is 15.5 Å². The first-order valence-electron chi connectivity index (χ1n) is 10.3. The molecule has 1 aliphatic heterocycles. The molecule has 0 aliphatic carbocycles. The maximum Gasteiger partial charge on any atom is 0.282 e. The van der Waals surface area contributed by atoms with E-state index in [1.165, 1.54) is 11.2 Å². The summed E-state index contributed by atoms with van der Waals surface area (Å²) in [6.07, 6.45) is 2.95. The van der Waals surface area contributed by atoms with E-state index in [9.17, 15) is 18.4 Å². The van der Waals surface area contributed by atoms with E-state index in [0.29, 0.717) is 5.56 Å². The first-order valence-corrected chi connectivity index (χ1v) is 10.3. The van der Waals surface area contributed by atoms with Crippen LogP contribution in [0.2, 0.25) is 0 Å². The normalized spacial score (nSPS) is 17.3. The summed E-state index contributed by atoms with van der Waals surface area (Å²) in [5.74, 6) is -4.62. The van der Waals surface area contributed by atoms with Gasteiger partial charge in [-0.15, -0.1) is 0 Å². The number of aromatic nitrogens is 3. The molecule has 0 unspecified atom stereocenters. The number of hydrogen-bond acceptors (Lipinski definition) is 4. The molecule has 0 bridgehead atoms. The van der Waals surface area contributed by atoms with E-state index in [1.807, 2.05) is 30.5 Å². The lowest BCUT2D eigenvalue weighted by Crippen LogP contribution is -2.71. The molecule has 1 aliphatic rings. The Morgan fingerprint density at radius 2 is 1.81 bits per heavy atom. The minimum absolute atomic E-state index is 0.0373. The Labute approximate surface area is 183 Å². The van der Waals surface area contributed by atoms with Crippen molar-refractivity contribution in [3.05, 3.63) is 54.5 Å². The molecule has 10 heteroatoms. The molecule has 1 saturated heterocycles. The van der Waals surface area contributed by atoms with Gasteiger partial charge >= 0.3 is 0 Å². The van der Waals surface area contributed by atoms with Crippen LogP contribution >= 0.6 is 0 Å². The van der Waals surface area contributed by atoms with Crippen LogP contribution in [0, 0.1) is 0 Å². The minimum atomic E-state index is -2.90. The lowest BCUT2D eigenvalue weighted by atomic mass is 9.88. The highest BCUT2D eigenvalue weighted by molar-refractivity contribution is 5.92. The largest absolute Gasteiger partial charge is 0.348 e. The molecule has 1 fully saturated rings. The number of nitrogens with zero attached hydrogens (tertiary/aromatic N) is 5. The van der Waals surface area contributed by atoms with Crippen LogP contribution in [-0.2, 0) is 9.59 Å². The zero-order chi connectivity index (χ0) is 23.0.